The molecule has 1 aromatic heterocycles. The number of ether oxygens (including phenoxy) is 2. The van der Waals surface area contributed by atoms with Gasteiger partial charge in [-0.3, -0.25) is 9.88 Å². The second-order valence-corrected chi connectivity index (χ2v) is 8.95. The van der Waals surface area contributed by atoms with Crippen molar-refractivity contribution in [2.75, 3.05) is 38.7 Å². The lowest BCUT2D eigenvalue weighted by molar-refractivity contribution is 0.0343. The first-order chi connectivity index (χ1) is 15.6. The summed E-state index contributed by atoms with van der Waals surface area (Å²) < 4.78 is 10.8. The number of hydrogen-bond acceptors (Lipinski definition) is 5. The minimum Gasteiger partial charge on any atom is -0.495 e. The van der Waals surface area contributed by atoms with E-state index < -0.39 is 0 Å². The molecule has 3 heterocycles. The lowest BCUT2D eigenvalue weighted by Crippen LogP contribution is -2.48. The van der Waals surface area contributed by atoms with E-state index in [0.29, 0.717) is 10.9 Å². The Morgan fingerprint density at radius 2 is 1.97 bits per heavy atom. The predicted molar refractivity (Wildman–Crippen MR) is 125 cm³/mol. The van der Waals surface area contributed by atoms with Crippen LogP contribution in [0.25, 0.3) is 0 Å². The Bertz CT molecular complexity index is 872. The molecule has 0 saturated carbocycles. The van der Waals surface area contributed by atoms with Gasteiger partial charge in [-0.05, 0) is 68.0 Å². The Hall–Kier alpha value is -2.35. The second kappa shape index (κ2) is 11.0. The van der Waals surface area contributed by atoms with Crippen LogP contribution in [0.15, 0.2) is 42.6 Å². The van der Waals surface area contributed by atoms with Crippen LogP contribution in [0.2, 0.25) is 5.02 Å². The van der Waals surface area contributed by atoms with E-state index >= 15 is 0 Å². The van der Waals surface area contributed by atoms with Crippen molar-refractivity contribution < 1.29 is 14.3 Å². The van der Waals surface area contributed by atoms with Gasteiger partial charge >= 0.3 is 6.03 Å². The first-order valence-electron chi connectivity index (χ1n) is 11.3. The van der Waals surface area contributed by atoms with Crippen LogP contribution < -0.4 is 15.4 Å². The zero-order valence-corrected chi connectivity index (χ0v) is 19.2. The third-order valence-electron chi connectivity index (χ3n) is 6.32. The van der Waals surface area contributed by atoms with Crippen molar-refractivity contribution >= 4 is 23.3 Å². The molecular weight excluding hydrogens is 428 g/mol. The SMILES string of the molecule is COc1ccc(C2CC(NC(=O)Nc3ccc(Cl)cc3)CCN2CC2CCOCC2)nc1. The van der Waals surface area contributed by atoms with Crippen LogP contribution in [0.4, 0.5) is 10.5 Å². The number of hydrogen-bond donors (Lipinski definition) is 2. The Kier molecular flexibility index (Phi) is 7.84. The highest BCUT2D eigenvalue weighted by molar-refractivity contribution is 6.30. The summed E-state index contributed by atoms with van der Waals surface area (Å²) in [7, 11) is 1.65. The lowest BCUT2D eigenvalue weighted by Gasteiger charge is -2.41. The summed E-state index contributed by atoms with van der Waals surface area (Å²) >= 11 is 5.93. The minimum absolute atomic E-state index is 0.0714. The van der Waals surface area contributed by atoms with Crippen LogP contribution in [-0.2, 0) is 4.74 Å². The molecule has 1 aromatic carbocycles. The molecule has 2 aromatic rings. The molecule has 0 radical (unpaired) electrons. The quantitative estimate of drug-likeness (QED) is 0.666. The number of pyridine rings is 1. The molecule has 2 atom stereocenters. The number of benzene rings is 1. The van der Waals surface area contributed by atoms with Gasteiger partial charge in [-0.1, -0.05) is 11.6 Å². The summed E-state index contributed by atoms with van der Waals surface area (Å²) in [6.07, 6.45) is 5.70. The fourth-order valence-electron chi connectivity index (χ4n) is 4.53. The number of aromatic nitrogens is 1. The molecule has 2 aliphatic heterocycles. The average molecular weight is 459 g/mol. The number of anilines is 1. The van der Waals surface area contributed by atoms with Gasteiger partial charge < -0.3 is 20.1 Å². The number of urea groups is 1. The molecule has 2 amide bonds. The molecule has 4 rings (SSSR count). The van der Waals surface area contributed by atoms with Crippen LogP contribution in [0.5, 0.6) is 5.75 Å². The molecule has 0 aliphatic carbocycles. The zero-order chi connectivity index (χ0) is 22.3. The first kappa shape index (κ1) is 22.8. The van der Waals surface area contributed by atoms with E-state index in [9.17, 15) is 4.79 Å². The molecule has 2 aliphatic rings. The fraction of sp³-hybridized carbons (Fsp3) is 0.500. The monoisotopic (exact) mass is 458 g/mol. The summed E-state index contributed by atoms with van der Waals surface area (Å²) in [5.41, 5.74) is 1.74. The molecule has 2 unspecified atom stereocenters. The predicted octanol–water partition coefficient (Wildman–Crippen LogP) is 4.50. The van der Waals surface area contributed by atoms with E-state index in [1.165, 1.54) is 0 Å². The first-order valence-corrected chi connectivity index (χ1v) is 11.6. The van der Waals surface area contributed by atoms with Gasteiger partial charge in [0.2, 0.25) is 0 Å². The highest BCUT2D eigenvalue weighted by Crippen LogP contribution is 2.32. The summed E-state index contributed by atoms with van der Waals surface area (Å²) in [6.45, 7) is 3.64. The maximum absolute atomic E-state index is 12.6. The Labute approximate surface area is 194 Å². The van der Waals surface area contributed by atoms with Gasteiger partial charge in [-0.25, -0.2) is 4.79 Å². The van der Waals surface area contributed by atoms with Crippen molar-refractivity contribution in [1.29, 1.82) is 0 Å². The maximum atomic E-state index is 12.6. The largest absolute Gasteiger partial charge is 0.495 e. The van der Waals surface area contributed by atoms with Gasteiger partial charge in [0.25, 0.3) is 0 Å². The zero-order valence-electron chi connectivity index (χ0n) is 18.4. The summed E-state index contributed by atoms with van der Waals surface area (Å²) in [5, 5.41) is 6.68. The number of likely N-dealkylation sites (tertiary alicyclic amines) is 1. The van der Waals surface area contributed by atoms with Gasteiger partial charge in [0.05, 0.1) is 25.0 Å². The van der Waals surface area contributed by atoms with E-state index in [2.05, 4.69) is 20.5 Å². The number of methoxy groups -OCH3 is 1. The van der Waals surface area contributed by atoms with Crippen LogP contribution in [0.1, 0.15) is 37.4 Å². The molecule has 2 N–H and O–H groups in total. The topological polar surface area (TPSA) is 75.7 Å². The maximum Gasteiger partial charge on any atom is 0.319 e. The van der Waals surface area contributed by atoms with Gasteiger partial charge in [0.15, 0.2) is 0 Å². The van der Waals surface area contributed by atoms with Gasteiger partial charge in [0.1, 0.15) is 5.75 Å². The number of carbonyl (C=O) groups is 1. The average Bonchev–Trinajstić information content (AvgIpc) is 2.82. The Morgan fingerprint density at radius 3 is 2.66 bits per heavy atom. The lowest BCUT2D eigenvalue weighted by atomic mass is 9.91. The highest BCUT2D eigenvalue weighted by atomic mass is 35.5. The highest BCUT2D eigenvalue weighted by Gasteiger charge is 2.33. The number of carbonyl (C=O) groups excluding carboxylic acids is 1. The van der Waals surface area contributed by atoms with Crippen LogP contribution >= 0.6 is 11.6 Å². The Balaban J connectivity index is 1.41. The van der Waals surface area contributed by atoms with Crippen molar-refractivity contribution in [3.63, 3.8) is 0 Å². The molecule has 32 heavy (non-hydrogen) atoms. The molecule has 2 fully saturated rings. The number of rotatable bonds is 6. The van der Waals surface area contributed by atoms with Crippen molar-refractivity contribution in [3.8, 4) is 5.75 Å². The van der Waals surface area contributed by atoms with E-state index in [1.807, 2.05) is 12.1 Å². The summed E-state index contributed by atoms with van der Waals surface area (Å²) in [6, 6.07) is 11.1. The van der Waals surface area contributed by atoms with Gasteiger partial charge in [0, 0.05) is 43.1 Å². The third kappa shape index (κ3) is 6.12. The second-order valence-electron chi connectivity index (χ2n) is 8.52. The fourth-order valence-corrected chi connectivity index (χ4v) is 4.65. The number of halogens is 1. The van der Waals surface area contributed by atoms with Crippen molar-refractivity contribution in [2.45, 2.75) is 37.8 Å². The third-order valence-corrected chi connectivity index (χ3v) is 6.57. The molecular formula is C24H31ClN4O3. The van der Waals surface area contributed by atoms with Gasteiger partial charge in [-0.15, -0.1) is 0 Å². The van der Waals surface area contributed by atoms with E-state index in [4.69, 9.17) is 21.1 Å². The van der Waals surface area contributed by atoms with E-state index in [0.717, 1.165) is 69.1 Å². The molecule has 172 valence electrons. The van der Waals surface area contributed by atoms with Crippen molar-refractivity contribution in [1.82, 2.24) is 15.2 Å². The van der Waals surface area contributed by atoms with Crippen molar-refractivity contribution in [2.24, 2.45) is 5.92 Å². The molecule has 0 spiro atoms. The van der Waals surface area contributed by atoms with Crippen LogP contribution in [-0.4, -0.2) is 55.4 Å². The smallest absolute Gasteiger partial charge is 0.319 e. The molecule has 7 nitrogen and oxygen atoms in total. The minimum atomic E-state index is -0.198. The summed E-state index contributed by atoms with van der Waals surface area (Å²) in [4.78, 5) is 19.8. The number of nitrogens with one attached hydrogen (secondary N) is 2. The van der Waals surface area contributed by atoms with Crippen molar-refractivity contribution in [3.05, 3.63) is 53.3 Å². The molecule has 2 saturated heterocycles. The molecule has 0 bridgehead atoms. The number of nitrogens with zero attached hydrogens (tertiary/aromatic N) is 2. The van der Waals surface area contributed by atoms with E-state index in [-0.39, 0.29) is 18.1 Å². The van der Waals surface area contributed by atoms with Crippen LogP contribution in [0.3, 0.4) is 0 Å². The summed E-state index contributed by atoms with van der Waals surface area (Å²) in [5.74, 6) is 1.39. The standard InChI is InChI=1S/C24H31ClN4O3/c1-31-21-6-7-22(26-15-21)23-14-20(8-11-29(23)16-17-9-12-32-13-10-17)28-24(30)27-19-4-2-18(25)3-5-19/h2-7,15,17,20,23H,8-14,16H2,1H3,(H2,27,28,30). The van der Waals surface area contributed by atoms with Crippen LogP contribution in [0, 0.1) is 5.92 Å². The van der Waals surface area contributed by atoms with E-state index in [1.54, 1.807) is 37.6 Å². The Morgan fingerprint density at radius 1 is 1.19 bits per heavy atom. The number of piperidine rings is 1. The normalized spacial score (nSPS) is 22.3. The molecule has 8 heteroatoms. The number of amides is 2. The van der Waals surface area contributed by atoms with Gasteiger partial charge in [-0.2, -0.15) is 0 Å².